The Morgan fingerprint density at radius 3 is 2.45 bits per heavy atom. The molecule has 1 radical (unpaired) electrons. The van der Waals surface area contributed by atoms with Crippen molar-refractivity contribution in [1.29, 1.82) is 0 Å². The minimum absolute atomic E-state index is 0. The van der Waals surface area contributed by atoms with E-state index in [1.54, 1.807) is 0 Å². The number of benzene rings is 2. The van der Waals surface area contributed by atoms with E-state index < -0.39 is 0 Å². The molecule has 0 saturated heterocycles. The fourth-order valence-electron chi connectivity index (χ4n) is 1.94. The number of rotatable bonds is 6. The Balaban J connectivity index is 0.00000200. The van der Waals surface area contributed by atoms with Crippen LogP contribution in [-0.2, 0) is 39.1 Å². The van der Waals surface area contributed by atoms with Crippen LogP contribution in [-0.4, -0.2) is 0 Å². The van der Waals surface area contributed by atoms with Gasteiger partial charge in [-0.2, -0.15) is 28.4 Å². The topological polar surface area (TPSA) is 24.7 Å². The van der Waals surface area contributed by atoms with Gasteiger partial charge in [-0.1, -0.05) is 38.0 Å². The smallest absolute Gasteiger partial charge is 0.0888 e. The summed E-state index contributed by atoms with van der Waals surface area (Å²) in [5.41, 5.74) is 3.12. The van der Waals surface area contributed by atoms with Crippen molar-refractivity contribution in [2.75, 3.05) is 0 Å². The second-order valence-electron chi connectivity index (χ2n) is 4.54. The number of nitrogens with zero attached hydrogens (tertiary/aromatic N) is 2. The third-order valence-corrected chi connectivity index (χ3v) is 3.02. The van der Waals surface area contributed by atoms with Gasteiger partial charge in [-0.25, -0.2) is 0 Å². The van der Waals surface area contributed by atoms with Crippen LogP contribution in [0.1, 0.15) is 31.7 Å². The molecule has 0 aliphatic rings. The summed E-state index contributed by atoms with van der Waals surface area (Å²) < 4.78 is 0. The minimum Gasteiger partial charge on any atom is -0.184 e. The van der Waals surface area contributed by atoms with E-state index in [0.717, 1.165) is 17.8 Å². The molecule has 0 aromatic heterocycles. The van der Waals surface area contributed by atoms with Crippen LogP contribution < -0.4 is 0 Å². The van der Waals surface area contributed by atoms with Crippen molar-refractivity contribution in [1.82, 2.24) is 0 Å². The van der Waals surface area contributed by atoms with E-state index in [-0.39, 0.29) is 32.7 Å². The Bertz CT molecular complexity index is 524. The predicted molar refractivity (Wildman–Crippen MR) is 79.1 cm³/mol. The molecular formula is C17H19N2Y-. The molecule has 0 saturated carbocycles. The molecular weight excluding hydrogens is 321 g/mol. The summed E-state index contributed by atoms with van der Waals surface area (Å²) >= 11 is 0. The summed E-state index contributed by atoms with van der Waals surface area (Å²) in [5, 5.41) is 8.64. The van der Waals surface area contributed by atoms with E-state index >= 15 is 0 Å². The van der Waals surface area contributed by atoms with Gasteiger partial charge in [0.25, 0.3) is 0 Å². The number of aryl methyl sites for hydroxylation is 1. The normalized spacial score (nSPS) is 10.4. The SMILES string of the molecule is CCCCCc1ccccc1N=Nc1cc[c-]cc1.[Y]. The van der Waals surface area contributed by atoms with Crippen LogP contribution in [0, 0.1) is 6.07 Å². The number of azo groups is 1. The van der Waals surface area contributed by atoms with Crippen LogP contribution in [0.5, 0.6) is 0 Å². The molecule has 0 amide bonds. The zero-order valence-electron chi connectivity index (χ0n) is 11.9. The zero-order chi connectivity index (χ0) is 13.3. The maximum absolute atomic E-state index is 4.37. The predicted octanol–water partition coefficient (Wildman–Crippen LogP) is 5.63. The molecule has 0 atom stereocenters. The van der Waals surface area contributed by atoms with Crippen LogP contribution in [0.4, 0.5) is 11.4 Å². The van der Waals surface area contributed by atoms with E-state index in [0.29, 0.717) is 0 Å². The van der Waals surface area contributed by atoms with E-state index in [1.165, 1.54) is 24.8 Å². The van der Waals surface area contributed by atoms with Gasteiger partial charge >= 0.3 is 0 Å². The Morgan fingerprint density at radius 1 is 0.950 bits per heavy atom. The van der Waals surface area contributed by atoms with Gasteiger partial charge in [0.1, 0.15) is 0 Å². The maximum atomic E-state index is 4.37. The second kappa shape index (κ2) is 9.96. The van der Waals surface area contributed by atoms with Crippen molar-refractivity contribution in [3.8, 4) is 0 Å². The molecule has 20 heavy (non-hydrogen) atoms. The van der Waals surface area contributed by atoms with Crippen LogP contribution in [0.2, 0.25) is 0 Å². The van der Waals surface area contributed by atoms with Gasteiger partial charge in [0.15, 0.2) is 0 Å². The molecule has 0 spiro atoms. The molecule has 0 aliphatic heterocycles. The van der Waals surface area contributed by atoms with Crippen molar-refractivity contribution in [3.63, 3.8) is 0 Å². The number of unbranched alkanes of at least 4 members (excludes halogenated alkanes) is 2. The summed E-state index contributed by atoms with van der Waals surface area (Å²) in [6, 6.07) is 18.7. The molecule has 2 aromatic carbocycles. The summed E-state index contributed by atoms with van der Waals surface area (Å²) in [6.45, 7) is 2.22. The van der Waals surface area contributed by atoms with Gasteiger partial charge in [0.05, 0.1) is 5.69 Å². The summed E-state index contributed by atoms with van der Waals surface area (Å²) in [7, 11) is 0. The van der Waals surface area contributed by atoms with E-state index in [2.05, 4.69) is 35.4 Å². The quantitative estimate of drug-likeness (QED) is 0.370. The maximum Gasteiger partial charge on any atom is 0.0888 e. The molecule has 0 unspecified atom stereocenters. The average Bonchev–Trinajstić information content (AvgIpc) is 2.48. The van der Waals surface area contributed by atoms with Crippen LogP contribution >= 0.6 is 0 Å². The molecule has 0 fully saturated rings. The molecule has 3 heteroatoms. The Labute approximate surface area is 146 Å². The van der Waals surface area contributed by atoms with Crippen molar-refractivity contribution in [3.05, 3.63) is 60.2 Å². The Kier molecular flexibility index (Phi) is 8.56. The van der Waals surface area contributed by atoms with Gasteiger partial charge in [-0.15, -0.1) is 12.1 Å². The van der Waals surface area contributed by atoms with Crippen molar-refractivity contribution in [2.45, 2.75) is 32.6 Å². The second-order valence-corrected chi connectivity index (χ2v) is 4.54. The van der Waals surface area contributed by atoms with E-state index in [1.807, 2.05) is 36.4 Å². The largest absolute Gasteiger partial charge is 0.184 e. The molecule has 2 nitrogen and oxygen atoms in total. The molecule has 0 aliphatic carbocycles. The zero-order valence-corrected chi connectivity index (χ0v) is 14.8. The Hall–Kier alpha value is -0.856. The van der Waals surface area contributed by atoms with Crippen LogP contribution in [0.3, 0.4) is 0 Å². The van der Waals surface area contributed by atoms with E-state index in [4.69, 9.17) is 0 Å². The van der Waals surface area contributed by atoms with Crippen molar-refractivity contribution >= 4 is 11.4 Å². The first-order chi connectivity index (χ1) is 9.40. The molecule has 0 heterocycles. The van der Waals surface area contributed by atoms with E-state index in [9.17, 15) is 0 Å². The number of hydrogen-bond acceptors (Lipinski definition) is 2. The first kappa shape index (κ1) is 17.2. The third kappa shape index (κ3) is 5.64. The van der Waals surface area contributed by atoms with Gasteiger partial charge < -0.3 is 0 Å². The summed E-state index contributed by atoms with van der Waals surface area (Å²) in [4.78, 5) is 0. The Morgan fingerprint density at radius 2 is 1.70 bits per heavy atom. The van der Waals surface area contributed by atoms with Crippen LogP contribution in [0.25, 0.3) is 0 Å². The molecule has 0 bridgehead atoms. The summed E-state index contributed by atoms with van der Waals surface area (Å²) in [5.74, 6) is 0. The third-order valence-electron chi connectivity index (χ3n) is 3.02. The minimum atomic E-state index is 0. The molecule has 2 rings (SSSR count). The molecule has 101 valence electrons. The average molecular weight is 340 g/mol. The monoisotopic (exact) mass is 340 g/mol. The fraction of sp³-hybridized carbons (Fsp3) is 0.294. The first-order valence-corrected chi connectivity index (χ1v) is 6.86. The first-order valence-electron chi connectivity index (χ1n) is 6.86. The van der Waals surface area contributed by atoms with Crippen LogP contribution in [0.15, 0.2) is 58.8 Å². The van der Waals surface area contributed by atoms with Gasteiger partial charge in [-0.05, 0) is 30.2 Å². The van der Waals surface area contributed by atoms with Crippen molar-refractivity contribution < 1.29 is 32.7 Å². The molecule has 0 N–H and O–H groups in total. The standard InChI is InChI=1S/C17H19N2.Y/c1-2-3-5-10-15-11-8-9-14-17(15)19-18-16-12-6-4-7-13-16;/h6-9,11-14H,2-3,5,10H2,1H3;/q-1;. The summed E-state index contributed by atoms with van der Waals surface area (Å²) in [6.07, 6.45) is 4.79. The van der Waals surface area contributed by atoms with Gasteiger partial charge in [0.2, 0.25) is 0 Å². The molecule has 2 aromatic rings. The van der Waals surface area contributed by atoms with Gasteiger partial charge in [-0.3, -0.25) is 0 Å². The fourth-order valence-corrected chi connectivity index (χ4v) is 1.94. The van der Waals surface area contributed by atoms with Crippen molar-refractivity contribution in [2.24, 2.45) is 10.2 Å². The number of hydrogen-bond donors (Lipinski definition) is 0. The van der Waals surface area contributed by atoms with Gasteiger partial charge in [0, 0.05) is 32.7 Å².